The maximum absolute atomic E-state index is 16.0. The molecule has 37 heteroatoms. The molecule has 2 unspecified atom stereocenters. The molecular weight excluding hydrogens is 2090 g/mol. The number of fused-ring (bicyclic) bond motifs is 6. The van der Waals surface area contributed by atoms with Crippen LogP contribution < -0.4 is 28.4 Å². The van der Waals surface area contributed by atoms with Gasteiger partial charge in [-0.25, -0.2) is 23.9 Å². The van der Waals surface area contributed by atoms with Crippen molar-refractivity contribution in [3.63, 3.8) is 0 Å². The fraction of sp³-hybridized carbons (Fsp3) is 0.547. The van der Waals surface area contributed by atoms with Crippen LogP contribution in [0.25, 0.3) is 19.4 Å². The van der Waals surface area contributed by atoms with E-state index in [9.17, 15) is 39.3 Å². The molecule has 6 amide bonds. The third kappa shape index (κ3) is 22.1. The monoisotopic (exact) mass is 2210 g/mol. The number of hydrogen-bond acceptors (Lipinski definition) is 23. The molecule has 0 aliphatic carbocycles. The van der Waals surface area contributed by atoms with Crippen LogP contribution >= 0.6 is 53.7 Å². The molecule has 143 heavy (non-hydrogen) atoms. The van der Waals surface area contributed by atoms with Crippen molar-refractivity contribution in [2.24, 2.45) is 0 Å². The van der Waals surface area contributed by atoms with Crippen LogP contribution in [0.15, 0.2) is 109 Å². The number of nitriles is 2. The Morgan fingerprint density at radius 3 is 0.853 bits per heavy atom. The lowest BCUT2D eigenvalue weighted by Gasteiger charge is -2.50. The van der Waals surface area contributed by atoms with Crippen LogP contribution in [-0.2, 0) is 69.9 Å². The third-order valence-electron chi connectivity index (χ3n) is 28.9. The third-order valence-corrected chi connectivity index (χ3v) is 31.6. The quantitative estimate of drug-likeness (QED) is 0.0175. The molecule has 0 saturated carbocycles. The molecule has 33 nitrogen and oxygen atoms in total. The zero-order chi connectivity index (χ0) is 102. The fourth-order valence-electron chi connectivity index (χ4n) is 22.1. The summed E-state index contributed by atoms with van der Waals surface area (Å²) < 4.78 is 110. The van der Waals surface area contributed by atoms with Crippen LogP contribution in [0.3, 0.4) is 0 Å². The van der Waals surface area contributed by atoms with E-state index in [1.807, 2.05) is 87.1 Å². The van der Waals surface area contributed by atoms with Gasteiger partial charge in [0, 0.05) is 162 Å². The van der Waals surface area contributed by atoms with E-state index in [-0.39, 0.29) is 48.7 Å². The van der Waals surface area contributed by atoms with Gasteiger partial charge in [0.05, 0.1) is 99.0 Å². The molecule has 14 atom stereocenters. The molecule has 0 spiro atoms. The number of benzene rings is 6. The van der Waals surface area contributed by atoms with Crippen LogP contribution in [0.5, 0.6) is 34.5 Å². The van der Waals surface area contributed by atoms with Gasteiger partial charge in [-0.1, -0.05) is 24.3 Å². The summed E-state index contributed by atoms with van der Waals surface area (Å²) in [5.41, 5.74) is 0.237. The van der Waals surface area contributed by atoms with Crippen LogP contribution in [0.1, 0.15) is 279 Å². The predicted molar refractivity (Wildman–Crippen MR) is 545 cm³/mol. The second-order valence-corrected chi connectivity index (χ2v) is 44.0. The van der Waals surface area contributed by atoms with E-state index in [2.05, 4.69) is 68.8 Å². The molecule has 12 aliphatic heterocycles. The number of ether oxygens (including phenoxy) is 8. The van der Waals surface area contributed by atoms with Crippen molar-refractivity contribution in [3.8, 4) is 46.6 Å². The van der Waals surface area contributed by atoms with E-state index < -0.39 is 123 Å². The topological polar surface area (TPSA) is 333 Å². The maximum Gasteiger partial charge on any atom is 0.475 e. The van der Waals surface area contributed by atoms with E-state index in [0.29, 0.717) is 246 Å². The van der Waals surface area contributed by atoms with Crippen molar-refractivity contribution in [2.45, 2.75) is 305 Å². The lowest BCUT2D eigenvalue weighted by molar-refractivity contribution is -0.149. The Morgan fingerprint density at radius 1 is 0.350 bits per heavy atom. The van der Waals surface area contributed by atoms with Crippen LogP contribution in [-0.4, -0.2) is 201 Å². The van der Waals surface area contributed by atoms with Gasteiger partial charge in [-0.3, -0.25) is 42.3 Å². The zero-order valence-electron chi connectivity index (χ0n) is 82.7. The van der Waals surface area contributed by atoms with Gasteiger partial charge in [-0.2, -0.15) is 10.5 Å². The highest BCUT2D eigenvalue weighted by Crippen LogP contribution is 2.64. The first-order chi connectivity index (χ1) is 68.4. The van der Waals surface area contributed by atoms with Gasteiger partial charge >= 0.3 is 16.4 Å². The number of rotatable bonds is 30. The first kappa shape index (κ1) is 105. The summed E-state index contributed by atoms with van der Waals surface area (Å²) in [6.07, 6.45) is 4.76. The smallest absolute Gasteiger partial charge is 0.475 e. The number of halogens is 2. The van der Waals surface area contributed by atoms with Crippen molar-refractivity contribution < 1.29 is 98.4 Å². The van der Waals surface area contributed by atoms with Gasteiger partial charge < -0.3 is 80.9 Å². The number of carbonyl (C=O) groups is 6. The molecule has 6 saturated heterocycles. The second kappa shape index (κ2) is 43.8. The van der Waals surface area contributed by atoms with Crippen molar-refractivity contribution in [2.75, 3.05) is 65.7 Å². The SMILES string of the molecule is II.[C-]#[N+]c1ccc2c(c1)[C@@H](N1CCCC1=O)[C@H](OCCCCCOP(=O)(O[C@H]1[C@H](N3CCCC3=O)c3cc(C#N)ccc3OC1(C)C)O[C@H]1[C@H](N3CCCC3=O)c3cc([N+]#[C-])ccc3OC1(C)C)C(C)(C)O2.[C-]#[N+]c1ccc2c(c1)[C@@H](N1CCCC1=O)[C@H](OCCCCCOP(O[C@H]1[C@H](N3CCCC3=O)c3cc(C#N)ccc3OC1(C)C)O[C@H]1[C@H](N3CCCC3=O)c3cc([N+]#[C-])ccc3OC1(C)C)C(C)(C)O2. The van der Waals surface area contributed by atoms with Gasteiger partial charge in [-0.15, -0.1) is 0 Å². The molecular formula is C106H122I2N12O21P2. The van der Waals surface area contributed by atoms with Crippen molar-refractivity contribution in [1.82, 2.24) is 29.4 Å². The van der Waals surface area contributed by atoms with E-state index >= 15 is 4.57 Å². The minimum atomic E-state index is -4.80. The van der Waals surface area contributed by atoms with Gasteiger partial charge in [0.15, 0.2) is 22.7 Å². The first-order valence-electron chi connectivity index (χ1n) is 49.2. The number of phosphoric acid groups is 1. The number of amides is 6. The summed E-state index contributed by atoms with van der Waals surface area (Å²) >= 11 is 4.24. The Kier molecular flexibility index (Phi) is 32.3. The van der Waals surface area contributed by atoms with E-state index in [1.54, 1.807) is 135 Å². The maximum atomic E-state index is 16.0. The van der Waals surface area contributed by atoms with Crippen molar-refractivity contribution >= 4 is 112 Å². The highest BCUT2D eigenvalue weighted by atomic mass is 128. The predicted octanol–water partition coefficient (Wildman–Crippen LogP) is 21.9. The number of unbranched alkanes of at least 4 members (excludes halogenated alkanes) is 4. The Hall–Kier alpha value is -10.3. The molecule has 6 aromatic carbocycles. The van der Waals surface area contributed by atoms with Crippen molar-refractivity contribution in [1.29, 1.82) is 10.5 Å². The molecule has 12 aliphatic rings. The average Bonchev–Trinajstić information content (AvgIpc) is 1.60. The van der Waals surface area contributed by atoms with Crippen LogP contribution in [0.2, 0.25) is 0 Å². The number of nitrogens with zero attached hydrogens (tertiary/aromatic N) is 12. The molecule has 18 rings (SSSR count). The molecule has 6 aromatic rings. The van der Waals surface area contributed by atoms with Gasteiger partial charge in [0.25, 0.3) is 0 Å². The number of carbonyl (C=O) groups excluding carboxylic acids is 6. The number of hydrogen-bond donors (Lipinski definition) is 0. The molecule has 0 aromatic heterocycles. The van der Waals surface area contributed by atoms with E-state index in [0.717, 1.165) is 24.0 Å². The Balaban J connectivity index is 0.000000202. The summed E-state index contributed by atoms with van der Waals surface area (Å²) in [6, 6.07) is 31.8. The molecule has 0 N–H and O–H groups in total. The lowest BCUT2D eigenvalue weighted by Crippen LogP contribution is -2.56. The molecule has 12 heterocycles. The average molecular weight is 2220 g/mol. The summed E-state index contributed by atoms with van der Waals surface area (Å²) in [4.78, 5) is 107. The molecule has 756 valence electrons. The summed E-state index contributed by atoms with van der Waals surface area (Å²) in [6.45, 7) is 57.3. The van der Waals surface area contributed by atoms with Gasteiger partial charge in [-0.05, 0) is 245 Å². The van der Waals surface area contributed by atoms with E-state index in [1.165, 1.54) is 0 Å². The van der Waals surface area contributed by atoms with E-state index in [4.69, 9.17) is 91.3 Å². The molecule has 0 bridgehead atoms. The largest absolute Gasteiger partial charge is 0.485 e. The Labute approximate surface area is 860 Å². The summed E-state index contributed by atoms with van der Waals surface area (Å²) in [5, 5.41) is 19.9. The van der Waals surface area contributed by atoms with Crippen LogP contribution in [0.4, 0.5) is 22.7 Å². The highest BCUT2D eigenvalue weighted by Gasteiger charge is 2.61. The van der Waals surface area contributed by atoms with Crippen molar-refractivity contribution in [3.05, 3.63) is 199 Å². The molecule has 6 fully saturated rings. The van der Waals surface area contributed by atoms with Gasteiger partial charge in [0.2, 0.25) is 35.4 Å². The Bertz CT molecular complexity index is 5940. The van der Waals surface area contributed by atoms with Crippen LogP contribution in [0, 0.1) is 49.0 Å². The standard InChI is InChI=1S/C53H61N6O11P.C53H61N6O10P.I2/c1-51(2)48(45(57-24-12-15-42(57)60)37-30-34(55-7)19-22-40(37)66-51)64-27-10-9-11-28-65-71(63,69-49-46(58-25-13-16-43(58)61)36-29-33(32-54)18-21-39(36)67-52(49,3)4)70-50-47(59-26-14-17-44(59)62)38-31-35(56-8)20-23-41(38)68-53(50,5)6;1-51(2)48(45(57-24-12-15-42(57)60)37-30-34(55-7)19-22-40(37)65-51)63-27-10-9-11-28-64-70(68-49-46(58-25-13-16-43(58)61)36-29-33(32-54)18-21-39(36)66-52(49,3)4)69-50-47(59-26-14-17-44(59)62)38-31-35(56-8)20-23-41(38)67-53(50,5)6;1-2/h18-23,29-31,45-50H,9-17,24-28H2,1-6H3;18-23,29-31,45-50H,9-17,24-28H2,1-6H3;/t45-,46-,47-,48+,49+,50+,71?;45-,46-,47-,48+,49+,50+,70?;/m11./s1. The summed E-state index contributed by atoms with van der Waals surface area (Å²) in [5.74, 6) is 3.09. The highest BCUT2D eigenvalue weighted by molar-refractivity contribution is 15.0. The summed E-state index contributed by atoms with van der Waals surface area (Å²) in [7, 11) is -7.09. The zero-order valence-corrected chi connectivity index (χ0v) is 88.8. The normalized spacial score (nSPS) is 26.2. The lowest BCUT2D eigenvalue weighted by atomic mass is 9.85. The Morgan fingerprint density at radius 2 is 0.587 bits per heavy atom. The second-order valence-electron chi connectivity index (χ2n) is 41.3. The van der Waals surface area contributed by atoms with Gasteiger partial charge in [0.1, 0.15) is 105 Å². The number of phosphoric ester groups is 1. The first-order valence-corrected chi connectivity index (χ1v) is 58.0. The number of likely N-dealkylation sites (tertiary alicyclic amines) is 6. The minimum absolute atomic E-state index is 0.0259. The molecule has 0 radical (unpaired) electrons. The fourth-order valence-corrected chi connectivity index (χ4v) is 25.5. The minimum Gasteiger partial charge on any atom is -0.485 e.